The summed E-state index contributed by atoms with van der Waals surface area (Å²) in [6, 6.07) is -0.322. The van der Waals surface area contributed by atoms with Crippen molar-refractivity contribution >= 4 is 28.9 Å². The summed E-state index contributed by atoms with van der Waals surface area (Å²) in [5, 5.41) is 16.0. The minimum absolute atomic E-state index is 0.108. The summed E-state index contributed by atoms with van der Waals surface area (Å²) in [5.41, 5.74) is 3.63. The minimum Gasteiger partial charge on any atom is -0.294 e. The van der Waals surface area contributed by atoms with Gasteiger partial charge in [-0.05, 0) is 13.3 Å². The quantitative estimate of drug-likeness (QED) is 0.635. The average molecular weight is 304 g/mol. The normalized spacial score (nSPS) is 14.5. The van der Waals surface area contributed by atoms with Crippen molar-refractivity contribution in [3.63, 3.8) is 0 Å². The molecular weight excluding hydrogens is 288 g/mol. The number of hydrazine groups is 1. The molecule has 1 aromatic heterocycles. The van der Waals surface area contributed by atoms with E-state index in [1.54, 1.807) is 0 Å². The third-order valence-corrected chi connectivity index (χ3v) is 3.82. The average Bonchev–Trinajstić information content (AvgIpc) is 2.97. The zero-order chi connectivity index (χ0) is 15.4. The van der Waals surface area contributed by atoms with E-state index in [1.165, 1.54) is 21.2 Å². The Bertz CT molecular complexity index is 629. The maximum atomic E-state index is 12.3. The second kappa shape index (κ2) is 6.37. The largest absolute Gasteiger partial charge is 0.346 e. The van der Waals surface area contributed by atoms with E-state index in [9.17, 15) is 4.79 Å². The smallest absolute Gasteiger partial charge is 0.294 e. The van der Waals surface area contributed by atoms with Gasteiger partial charge in [-0.1, -0.05) is 12.8 Å². The van der Waals surface area contributed by atoms with Crippen LogP contribution in [0.2, 0.25) is 0 Å². The molecule has 7 nitrogen and oxygen atoms in total. The van der Waals surface area contributed by atoms with Gasteiger partial charge in [-0.15, -0.1) is 22.9 Å². The number of urea groups is 1. The third-order valence-electron chi connectivity index (χ3n) is 2.91. The van der Waals surface area contributed by atoms with Crippen LogP contribution in [0.3, 0.4) is 0 Å². The number of aryl methyl sites for hydroxylation is 1. The molecular formula is C13H16N6OS. The van der Waals surface area contributed by atoms with Crippen LogP contribution in [0.15, 0.2) is 10.5 Å². The number of nitrogens with one attached hydrogen (secondary N) is 2. The van der Waals surface area contributed by atoms with Gasteiger partial charge in [0.25, 0.3) is 0 Å². The predicted octanol–water partition coefficient (Wildman–Crippen LogP) is 1.28. The van der Waals surface area contributed by atoms with Crippen molar-refractivity contribution < 1.29 is 4.79 Å². The highest BCUT2D eigenvalue weighted by Gasteiger charge is 2.31. The van der Waals surface area contributed by atoms with Gasteiger partial charge in [-0.3, -0.25) is 10.3 Å². The number of carbonyl (C=O) groups is 1. The van der Waals surface area contributed by atoms with Gasteiger partial charge in [0, 0.05) is 11.9 Å². The van der Waals surface area contributed by atoms with Crippen molar-refractivity contribution in [2.75, 3.05) is 13.1 Å². The summed E-state index contributed by atoms with van der Waals surface area (Å²) in [7, 11) is 0. The molecule has 0 aromatic carbocycles. The Morgan fingerprint density at radius 2 is 2.33 bits per heavy atom. The summed E-state index contributed by atoms with van der Waals surface area (Å²) in [6.45, 7) is 4.33. The van der Waals surface area contributed by atoms with Crippen LogP contribution in [0, 0.1) is 17.8 Å². The molecule has 0 atom stereocenters. The number of hydrogen-bond donors (Lipinski definition) is 2. The topological polar surface area (TPSA) is 84.7 Å². The monoisotopic (exact) mass is 304 g/mol. The highest BCUT2D eigenvalue weighted by molar-refractivity contribution is 7.12. The van der Waals surface area contributed by atoms with Crippen molar-refractivity contribution in [2.45, 2.75) is 20.3 Å². The molecule has 0 bridgehead atoms. The van der Waals surface area contributed by atoms with E-state index >= 15 is 0 Å². The first-order valence-corrected chi connectivity index (χ1v) is 7.39. The van der Waals surface area contributed by atoms with Gasteiger partial charge in [0.15, 0.2) is 5.84 Å². The van der Waals surface area contributed by atoms with Gasteiger partial charge in [-0.25, -0.2) is 20.3 Å². The maximum Gasteiger partial charge on any atom is 0.346 e. The zero-order valence-corrected chi connectivity index (χ0v) is 12.7. The number of rotatable bonds is 5. The van der Waals surface area contributed by atoms with E-state index in [0.29, 0.717) is 11.6 Å². The molecule has 2 heterocycles. The van der Waals surface area contributed by atoms with Crippen molar-refractivity contribution in [1.82, 2.24) is 20.4 Å². The first kappa shape index (κ1) is 15.0. The number of amides is 2. The number of terminal acetylenes is 1. The number of likely N-dealkylation sites (N-methyl/N-ethyl adjacent to an activating group) is 1. The Morgan fingerprint density at radius 1 is 1.57 bits per heavy atom. The first-order valence-electron chi connectivity index (χ1n) is 6.51. The maximum absolute atomic E-state index is 12.3. The molecule has 0 aliphatic carbocycles. The van der Waals surface area contributed by atoms with Crippen molar-refractivity contribution in [1.29, 1.82) is 5.41 Å². The van der Waals surface area contributed by atoms with Gasteiger partial charge < -0.3 is 0 Å². The second-order valence-electron chi connectivity index (χ2n) is 4.23. The van der Waals surface area contributed by atoms with Gasteiger partial charge >= 0.3 is 6.03 Å². The van der Waals surface area contributed by atoms with Crippen LogP contribution in [-0.4, -0.2) is 45.6 Å². The molecule has 2 N–H and O–H groups in total. The lowest BCUT2D eigenvalue weighted by Crippen LogP contribution is -2.57. The molecule has 21 heavy (non-hydrogen) atoms. The number of thiazole rings is 1. The Labute approximate surface area is 127 Å². The first-order chi connectivity index (χ1) is 10.1. The Morgan fingerprint density at radius 3 is 2.90 bits per heavy atom. The fourth-order valence-corrected chi connectivity index (χ4v) is 2.64. The molecule has 1 aliphatic rings. The fourth-order valence-electron chi connectivity index (χ4n) is 1.80. The molecule has 0 spiro atoms. The summed E-state index contributed by atoms with van der Waals surface area (Å²) in [4.78, 5) is 18.0. The van der Waals surface area contributed by atoms with Crippen LogP contribution in [0.4, 0.5) is 4.79 Å². The van der Waals surface area contributed by atoms with Crippen LogP contribution in [-0.2, 0) is 6.42 Å². The van der Waals surface area contributed by atoms with E-state index < -0.39 is 0 Å². The summed E-state index contributed by atoms with van der Waals surface area (Å²) < 4.78 is 0. The Hall–Kier alpha value is -2.40. The molecule has 1 aromatic rings. The van der Waals surface area contributed by atoms with Crippen LogP contribution < -0.4 is 5.53 Å². The van der Waals surface area contributed by atoms with E-state index in [1.807, 2.05) is 19.2 Å². The predicted molar refractivity (Wildman–Crippen MR) is 82.2 cm³/mol. The van der Waals surface area contributed by atoms with Gasteiger partial charge in [0.05, 0.1) is 5.69 Å². The van der Waals surface area contributed by atoms with Crippen molar-refractivity contribution in [3.8, 4) is 12.3 Å². The molecule has 8 heteroatoms. The van der Waals surface area contributed by atoms with E-state index in [0.717, 1.165) is 12.1 Å². The lowest BCUT2D eigenvalue weighted by atomic mass is 10.3. The van der Waals surface area contributed by atoms with E-state index in [2.05, 4.69) is 21.5 Å². The zero-order valence-electron chi connectivity index (χ0n) is 11.9. The molecule has 0 unspecified atom stereocenters. The molecule has 0 radical (unpaired) electrons. The summed E-state index contributed by atoms with van der Waals surface area (Å²) in [5.74, 6) is 2.64. The molecule has 2 rings (SSSR count). The Balaban J connectivity index is 2.27. The van der Waals surface area contributed by atoms with Crippen LogP contribution >= 0.6 is 11.3 Å². The summed E-state index contributed by atoms with van der Waals surface area (Å²) in [6.07, 6.45) is 6.02. The van der Waals surface area contributed by atoms with Gasteiger partial charge in [0.2, 0.25) is 0 Å². The van der Waals surface area contributed by atoms with Gasteiger partial charge in [0.1, 0.15) is 17.3 Å². The molecule has 1 aliphatic heterocycles. The van der Waals surface area contributed by atoms with Crippen molar-refractivity contribution in [3.05, 3.63) is 16.1 Å². The number of aromatic nitrogens is 1. The number of amidine groups is 1. The number of carbonyl (C=O) groups excluding carboxylic acids is 1. The van der Waals surface area contributed by atoms with Crippen LogP contribution in [0.25, 0.3) is 0 Å². The van der Waals surface area contributed by atoms with Crippen LogP contribution in [0.5, 0.6) is 0 Å². The molecule has 0 fully saturated rings. The van der Waals surface area contributed by atoms with E-state index in [4.69, 9.17) is 11.8 Å². The SMILES string of the molecule is C#CCN1NN=C(C(=N)c2nc(CC)cs2)N(CC)C1=O. The fraction of sp³-hybridized carbons (Fsp3) is 0.385. The molecule has 110 valence electrons. The van der Waals surface area contributed by atoms with Gasteiger partial charge in [-0.2, -0.15) is 0 Å². The number of hydrazone groups is 1. The highest BCUT2D eigenvalue weighted by Crippen LogP contribution is 2.14. The van der Waals surface area contributed by atoms with Crippen LogP contribution in [0.1, 0.15) is 24.5 Å². The standard InChI is InChI=1S/C13H16N6OS/c1-4-7-19-13(20)18(6-3)11(16-17-19)10(14)12-15-9(5-2)8-21-12/h1,8,14,17H,5-7H2,2-3H3. The van der Waals surface area contributed by atoms with Crippen molar-refractivity contribution in [2.24, 2.45) is 5.10 Å². The molecule has 0 saturated heterocycles. The highest BCUT2D eigenvalue weighted by atomic mass is 32.1. The molecule has 2 amide bonds. The third kappa shape index (κ3) is 2.87. The number of hydrogen-bond acceptors (Lipinski definition) is 6. The van der Waals surface area contributed by atoms with E-state index in [-0.39, 0.29) is 24.1 Å². The second-order valence-corrected chi connectivity index (χ2v) is 5.08. The Kier molecular flexibility index (Phi) is 4.55. The number of nitrogens with zero attached hydrogens (tertiary/aromatic N) is 4. The minimum atomic E-state index is -0.322. The molecule has 0 saturated carbocycles. The lowest BCUT2D eigenvalue weighted by Gasteiger charge is -2.32. The summed E-state index contributed by atoms with van der Waals surface area (Å²) >= 11 is 1.37. The lowest BCUT2D eigenvalue weighted by molar-refractivity contribution is 0.151.